The first-order chi connectivity index (χ1) is 6.27. The van der Waals surface area contributed by atoms with E-state index in [-0.39, 0.29) is 0 Å². The van der Waals surface area contributed by atoms with Crippen molar-refractivity contribution in [1.82, 2.24) is 10.3 Å². The van der Waals surface area contributed by atoms with Gasteiger partial charge in [0.15, 0.2) is 0 Å². The average molecular weight is 198 g/mol. The molecule has 0 aliphatic rings. The second-order valence-corrected chi connectivity index (χ2v) is 4.20. The SMILES string of the molecule is CCCCC(NC)c1nc(C)cs1. The Kier molecular flexibility index (Phi) is 4.39. The molecule has 0 aliphatic carbocycles. The van der Waals surface area contributed by atoms with Crippen molar-refractivity contribution in [2.45, 2.75) is 39.2 Å². The second-order valence-electron chi connectivity index (χ2n) is 3.31. The molecule has 0 saturated carbocycles. The summed E-state index contributed by atoms with van der Waals surface area (Å²) in [4.78, 5) is 4.49. The fourth-order valence-electron chi connectivity index (χ4n) is 1.33. The summed E-state index contributed by atoms with van der Waals surface area (Å²) in [6.07, 6.45) is 3.71. The van der Waals surface area contributed by atoms with Crippen LogP contribution < -0.4 is 5.32 Å². The van der Waals surface area contributed by atoms with Gasteiger partial charge in [0, 0.05) is 11.1 Å². The van der Waals surface area contributed by atoms with Crippen LogP contribution in [0.15, 0.2) is 5.38 Å². The molecule has 1 aromatic rings. The van der Waals surface area contributed by atoms with Crippen LogP contribution in [0.4, 0.5) is 0 Å². The van der Waals surface area contributed by atoms with Gasteiger partial charge in [0.05, 0.1) is 6.04 Å². The van der Waals surface area contributed by atoms with Crippen molar-refractivity contribution in [3.8, 4) is 0 Å². The van der Waals surface area contributed by atoms with Gasteiger partial charge in [0.2, 0.25) is 0 Å². The molecule has 0 aromatic carbocycles. The van der Waals surface area contributed by atoms with Gasteiger partial charge in [0.25, 0.3) is 0 Å². The molecule has 13 heavy (non-hydrogen) atoms. The number of thiazole rings is 1. The van der Waals surface area contributed by atoms with E-state index in [1.165, 1.54) is 24.3 Å². The van der Waals surface area contributed by atoms with Crippen LogP contribution in [0.3, 0.4) is 0 Å². The normalized spacial score (nSPS) is 13.2. The number of rotatable bonds is 5. The van der Waals surface area contributed by atoms with Gasteiger partial charge in [-0.1, -0.05) is 19.8 Å². The van der Waals surface area contributed by atoms with Gasteiger partial charge in [-0.15, -0.1) is 11.3 Å². The predicted octanol–water partition coefficient (Wildman–Crippen LogP) is 2.90. The lowest BCUT2D eigenvalue weighted by molar-refractivity contribution is 0.520. The minimum absolute atomic E-state index is 0.457. The zero-order valence-corrected chi connectivity index (χ0v) is 9.45. The molecule has 1 unspecified atom stereocenters. The third-order valence-electron chi connectivity index (χ3n) is 2.13. The van der Waals surface area contributed by atoms with Crippen molar-refractivity contribution in [1.29, 1.82) is 0 Å². The summed E-state index contributed by atoms with van der Waals surface area (Å²) in [7, 11) is 2.01. The predicted molar refractivity (Wildman–Crippen MR) is 58.2 cm³/mol. The highest BCUT2D eigenvalue weighted by atomic mass is 32.1. The molecule has 74 valence electrons. The lowest BCUT2D eigenvalue weighted by atomic mass is 10.1. The van der Waals surface area contributed by atoms with E-state index >= 15 is 0 Å². The number of hydrogen-bond donors (Lipinski definition) is 1. The molecule has 0 radical (unpaired) electrons. The average Bonchev–Trinajstić information content (AvgIpc) is 2.54. The van der Waals surface area contributed by atoms with Gasteiger partial charge >= 0.3 is 0 Å². The van der Waals surface area contributed by atoms with Crippen molar-refractivity contribution in [3.05, 3.63) is 16.1 Å². The second kappa shape index (κ2) is 5.35. The number of hydrogen-bond acceptors (Lipinski definition) is 3. The Bertz CT molecular complexity index is 245. The van der Waals surface area contributed by atoms with E-state index in [0.29, 0.717) is 6.04 Å². The maximum Gasteiger partial charge on any atom is 0.110 e. The molecular weight excluding hydrogens is 180 g/mol. The van der Waals surface area contributed by atoms with Gasteiger partial charge in [-0.2, -0.15) is 0 Å². The first-order valence-electron chi connectivity index (χ1n) is 4.87. The van der Waals surface area contributed by atoms with Gasteiger partial charge in [0.1, 0.15) is 5.01 Å². The zero-order valence-electron chi connectivity index (χ0n) is 8.63. The summed E-state index contributed by atoms with van der Waals surface area (Å²) in [5.41, 5.74) is 1.14. The molecule has 1 rings (SSSR count). The van der Waals surface area contributed by atoms with Crippen LogP contribution in [-0.4, -0.2) is 12.0 Å². The van der Waals surface area contributed by atoms with Crippen LogP contribution in [0.5, 0.6) is 0 Å². The number of aryl methyl sites for hydroxylation is 1. The van der Waals surface area contributed by atoms with Gasteiger partial charge in [-0.3, -0.25) is 0 Å². The van der Waals surface area contributed by atoms with Crippen LogP contribution in [0, 0.1) is 6.92 Å². The lowest BCUT2D eigenvalue weighted by Gasteiger charge is -2.11. The van der Waals surface area contributed by atoms with Crippen LogP contribution in [0.1, 0.15) is 42.9 Å². The van der Waals surface area contributed by atoms with Gasteiger partial charge in [-0.25, -0.2) is 4.98 Å². The summed E-state index contributed by atoms with van der Waals surface area (Å²) in [5, 5.41) is 6.66. The lowest BCUT2D eigenvalue weighted by Crippen LogP contribution is -2.15. The number of unbranched alkanes of at least 4 members (excludes halogenated alkanes) is 1. The first kappa shape index (κ1) is 10.7. The van der Waals surface area contributed by atoms with Crippen molar-refractivity contribution >= 4 is 11.3 Å². The molecule has 3 heteroatoms. The fraction of sp³-hybridized carbons (Fsp3) is 0.700. The Morgan fingerprint density at radius 3 is 2.85 bits per heavy atom. The molecule has 1 aromatic heterocycles. The third-order valence-corrected chi connectivity index (χ3v) is 3.21. The third kappa shape index (κ3) is 3.08. The summed E-state index contributed by atoms with van der Waals surface area (Å²) in [5.74, 6) is 0. The number of aromatic nitrogens is 1. The summed E-state index contributed by atoms with van der Waals surface area (Å²) in [6, 6.07) is 0.457. The van der Waals surface area contributed by atoms with E-state index in [1.54, 1.807) is 11.3 Å². The van der Waals surface area contributed by atoms with Crippen molar-refractivity contribution in [3.63, 3.8) is 0 Å². The highest BCUT2D eigenvalue weighted by Crippen LogP contribution is 2.22. The van der Waals surface area contributed by atoms with E-state index in [1.807, 2.05) is 14.0 Å². The number of nitrogens with zero attached hydrogens (tertiary/aromatic N) is 1. The van der Waals surface area contributed by atoms with Crippen molar-refractivity contribution in [2.24, 2.45) is 0 Å². The minimum Gasteiger partial charge on any atom is -0.311 e. The molecule has 0 bridgehead atoms. The molecule has 1 heterocycles. The summed E-state index contributed by atoms with van der Waals surface area (Å²) < 4.78 is 0. The van der Waals surface area contributed by atoms with Crippen LogP contribution in [0.25, 0.3) is 0 Å². The Hall–Kier alpha value is -0.410. The fourth-order valence-corrected chi connectivity index (χ4v) is 2.27. The molecule has 0 fully saturated rings. The molecule has 0 saturated heterocycles. The van der Waals surface area contributed by atoms with E-state index in [2.05, 4.69) is 22.6 Å². The Morgan fingerprint density at radius 1 is 1.62 bits per heavy atom. The molecule has 0 aliphatic heterocycles. The monoisotopic (exact) mass is 198 g/mol. The molecule has 0 amide bonds. The minimum atomic E-state index is 0.457. The zero-order chi connectivity index (χ0) is 9.68. The maximum atomic E-state index is 4.49. The topological polar surface area (TPSA) is 24.9 Å². The van der Waals surface area contributed by atoms with E-state index in [4.69, 9.17) is 0 Å². The quantitative estimate of drug-likeness (QED) is 0.787. The Balaban J connectivity index is 2.56. The van der Waals surface area contributed by atoms with E-state index < -0.39 is 0 Å². The van der Waals surface area contributed by atoms with Crippen LogP contribution >= 0.6 is 11.3 Å². The Labute approximate surface area is 84.4 Å². The molecule has 1 atom stereocenters. The highest BCUT2D eigenvalue weighted by molar-refractivity contribution is 7.09. The van der Waals surface area contributed by atoms with E-state index in [0.717, 1.165) is 5.69 Å². The first-order valence-corrected chi connectivity index (χ1v) is 5.75. The Morgan fingerprint density at radius 2 is 2.38 bits per heavy atom. The van der Waals surface area contributed by atoms with Gasteiger partial charge < -0.3 is 5.32 Å². The highest BCUT2D eigenvalue weighted by Gasteiger charge is 2.11. The van der Waals surface area contributed by atoms with Crippen LogP contribution in [-0.2, 0) is 0 Å². The summed E-state index contributed by atoms with van der Waals surface area (Å²) >= 11 is 1.76. The van der Waals surface area contributed by atoms with Crippen LogP contribution in [0.2, 0.25) is 0 Å². The summed E-state index contributed by atoms with van der Waals surface area (Å²) in [6.45, 7) is 4.27. The molecular formula is C10H18N2S. The van der Waals surface area contributed by atoms with Crippen molar-refractivity contribution < 1.29 is 0 Å². The van der Waals surface area contributed by atoms with Gasteiger partial charge in [-0.05, 0) is 20.4 Å². The molecule has 0 spiro atoms. The smallest absolute Gasteiger partial charge is 0.110 e. The molecule has 2 nitrogen and oxygen atoms in total. The largest absolute Gasteiger partial charge is 0.311 e. The van der Waals surface area contributed by atoms with Crippen molar-refractivity contribution in [2.75, 3.05) is 7.05 Å². The van der Waals surface area contributed by atoms with E-state index in [9.17, 15) is 0 Å². The standard InChI is InChI=1S/C10H18N2S/c1-4-5-6-9(11-3)10-12-8(2)7-13-10/h7,9,11H,4-6H2,1-3H3. The maximum absolute atomic E-state index is 4.49. The number of nitrogens with one attached hydrogen (secondary N) is 1. The molecule has 1 N–H and O–H groups in total.